The summed E-state index contributed by atoms with van der Waals surface area (Å²) in [7, 11) is 1.29. The Labute approximate surface area is 133 Å². The van der Waals surface area contributed by atoms with Crippen molar-refractivity contribution in [2.24, 2.45) is 0 Å². The van der Waals surface area contributed by atoms with Crippen LogP contribution < -0.4 is 5.32 Å². The third-order valence-electron chi connectivity index (χ3n) is 2.41. The molecule has 0 aliphatic carbocycles. The Balaban J connectivity index is 2.62. The van der Waals surface area contributed by atoms with Gasteiger partial charge in [-0.1, -0.05) is 17.7 Å². The Morgan fingerprint density at radius 3 is 2.67 bits per heavy atom. The average Bonchev–Trinajstić information content (AvgIpc) is 2.40. The second kappa shape index (κ2) is 8.38. The second-order valence-corrected chi connectivity index (χ2v) is 7.06. The smallest absolute Gasteiger partial charge is 0.261 e. The van der Waals surface area contributed by atoms with E-state index in [4.69, 9.17) is 27.0 Å². The van der Waals surface area contributed by atoms with Crippen LogP contribution in [0.4, 0.5) is 0 Å². The summed E-state index contributed by atoms with van der Waals surface area (Å²) in [6.45, 7) is 4.74. The van der Waals surface area contributed by atoms with E-state index in [0.29, 0.717) is 19.8 Å². The number of amides is 1. The highest BCUT2D eigenvalue weighted by atomic mass is 35.7. The Hall–Kier alpha value is -1.08. The lowest BCUT2D eigenvalue weighted by molar-refractivity contribution is 0.0917. The maximum atomic E-state index is 11.9. The van der Waals surface area contributed by atoms with E-state index in [1.807, 2.05) is 0 Å². The minimum Gasteiger partial charge on any atom is -0.379 e. The molecule has 0 bridgehead atoms. The summed E-state index contributed by atoms with van der Waals surface area (Å²) in [6, 6.07) is 3.71. The normalized spacial score (nSPS) is 11.1. The molecule has 0 saturated carbocycles. The van der Waals surface area contributed by atoms with Crippen LogP contribution in [0.25, 0.3) is 0 Å². The van der Waals surface area contributed by atoms with Crippen molar-refractivity contribution in [1.82, 2.24) is 5.32 Å². The quantitative estimate of drug-likeness (QED) is 0.443. The Morgan fingerprint density at radius 1 is 1.33 bits per heavy atom. The molecule has 1 N–H and O–H groups in total. The molecule has 0 spiro atoms. The van der Waals surface area contributed by atoms with Crippen LogP contribution >= 0.6 is 22.3 Å². The molecule has 116 valence electrons. The van der Waals surface area contributed by atoms with E-state index >= 15 is 0 Å². The van der Waals surface area contributed by atoms with Gasteiger partial charge in [0, 0.05) is 27.8 Å². The molecule has 1 rings (SSSR count). The zero-order chi connectivity index (χ0) is 15.9. The van der Waals surface area contributed by atoms with Gasteiger partial charge in [-0.05, 0) is 24.6 Å². The molecule has 5 nitrogen and oxygen atoms in total. The molecule has 1 aromatic rings. The highest BCUT2D eigenvalue weighted by Crippen LogP contribution is 2.21. The second-order valence-electron chi connectivity index (χ2n) is 4.06. The molecule has 0 saturated heterocycles. The molecular formula is C13H15Cl2NO4S. The van der Waals surface area contributed by atoms with Gasteiger partial charge in [-0.25, -0.2) is 8.42 Å². The number of carbonyl (C=O) groups excluding carboxylic acids is 1. The predicted octanol–water partition coefficient (Wildman–Crippen LogP) is 2.59. The van der Waals surface area contributed by atoms with Crippen LogP contribution in [0.5, 0.6) is 0 Å². The van der Waals surface area contributed by atoms with E-state index in [1.165, 1.54) is 18.2 Å². The zero-order valence-corrected chi connectivity index (χ0v) is 13.5. The van der Waals surface area contributed by atoms with Gasteiger partial charge in [-0.3, -0.25) is 4.79 Å². The predicted molar refractivity (Wildman–Crippen MR) is 82.5 cm³/mol. The van der Waals surface area contributed by atoms with Crippen LogP contribution in [0.1, 0.15) is 16.8 Å². The number of benzene rings is 1. The van der Waals surface area contributed by atoms with Gasteiger partial charge < -0.3 is 10.1 Å². The Kier molecular flexibility index (Phi) is 7.17. The standard InChI is InChI=1S/C13H15Cl2NO4S/c1-2-3-5-20-6-4-16-13(17)10-7-11(14)9-12(8-10)21(15,18)19/h2,7-9H,1,3-6H2,(H,16,17). The first-order valence-electron chi connectivity index (χ1n) is 6.06. The van der Waals surface area contributed by atoms with E-state index < -0.39 is 15.0 Å². The summed E-state index contributed by atoms with van der Waals surface area (Å²) in [4.78, 5) is 11.7. The lowest BCUT2D eigenvalue weighted by Gasteiger charge is -2.07. The molecule has 0 radical (unpaired) electrons. The number of hydrogen-bond donors (Lipinski definition) is 1. The molecule has 0 heterocycles. The molecule has 0 aliphatic heterocycles. The molecular weight excluding hydrogens is 337 g/mol. The zero-order valence-electron chi connectivity index (χ0n) is 11.1. The van der Waals surface area contributed by atoms with Crippen LogP contribution in [-0.4, -0.2) is 34.1 Å². The maximum absolute atomic E-state index is 11.9. The minimum atomic E-state index is -3.94. The van der Waals surface area contributed by atoms with Crippen LogP contribution in [0.3, 0.4) is 0 Å². The molecule has 0 aromatic heterocycles. The van der Waals surface area contributed by atoms with Crippen molar-refractivity contribution in [2.75, 3.05) is 19.8 Å². The van der Waals surface area contributed by atoms with E-state index in [0.717, 1.165) is 6.42 Å². The molecule has 0 aliphatic rings. The fourth-order valence-electron chi connectivity index (χ4n) is 1.44. The van der Waals surface area contributed by atoms with Crippen molar-refractivity contribution in [3.63, 3.8) is 0 Å². The van der Waals surface area contributed by atoms with Crippen molar-refractivity contribution in [1.29, 1.82) is 0 Å². The Bertz CT molecular complexity index is 617. The first-order chi connectivity index (χ1) is 9.84. The molecule has 0 unspecified atom stereocenters. The number of nitrogens with one attached hydrogen (secondary N) is 1. The number of halogens is 2. The van der Waals surface area contributed by atoms with Gasteiger partial charge in [0.25, 0.3) is 15.0 Å². The van der Waals surface area contributed by atoms with Gasteiger partial charge in [-0.15, -0.1) is 6.58 Å². The minimum absolute atomic E-state index is 0.115. The van der Waals surface area contributed by atoms with Crippen molar-refractivity contribution in [2.45, 2.75) is 11.3 Å². The molecule has 0 fully saturated rings. The first kappa shape index (κ1) is 18.0. The first-order valence-corrected chi connectivity index (χ1v) is 8.75. The third-order valence-corrected chi connectivity index (χ3v) is 3.96. The van der Waals surface area contributed by atoms with Crippen LogP contribution in [0, 0.1) is 0 Å². The summed E-state index contributed by atoms with van der Waals surface area (Å²) in [5.74, 6) is -0.452. The lowest BCUT2D eigenvalue weighted by Crippen LogP contribution is -2.27. The number of hydrogen-bond acceptors (Lipinski definition) is 4. The molecule has 8 heteroatoms. The van der Waals surface area contributed by atoms with Gasteiger partial charge in [0.15, 0.2) is 0 Å². The number of rotatable bonds is 8. The van der Waals surface area contributed by atoms with E-state index in [-0.39, 0.29) is 15.5 Å². The number of ether oxygens (including phenoxy) is 1. The summed E-state index contributed by atoms with van der Waals surface area (Å²) in [5, 5.41) is 2.71. The van der Waals surface area contributed by atoms with Gasteiger partial charge in [0.2, 0.25) is 0 Å². The van der Waals surface area contributed by atoms with Gasteiger partial charge >= 0.3 is 0 Å². The van der Waals surface area contributed by atoms with E-state index in [1.54, 1.807) is 6.08 Å². The van der Waals surface area contributed by atoms with E-state index in [9.17, 15) is 13.2 Å². The largest absolute Gasteiger partial charge is 0.379 e. The molecule has 1 aromatic carbocycles. The summed E-state index contributed by atoms with van der Waals surface area (Å²) < 4.78 is 27.8. The van der Waals surface area contributed by atoms with Crippen LogP contribution in [-0.2, 0) is 13.8 Å². The lowest BCUT2D eigenvalue weighted by atomic mass is 10.2. The highest BCUT2D eigenvalue weighted by Gasteiger charge is 2.15. The fourth-order valence-corrected chi connectivity index (χ4v) is 2.54. The van der Waals surface area contributed by atoms with Crippen molar-refractivity contribution >= 4 is 37.2 Å². The van der Waals surface area contributed by atoms with E-state index in [2.05, 4.69) is 11.9 Å². The summed E-state index contributed by atoms with van der Waals surface area (Å²) >= 11 is 5.78. The third kappa shape index (κ3) is 6.48. The summed E-state index contributed by atoms with van der Waals surface area (Å²) in [5.41, 5.74) is 0.118. The average molecular weight is 352 g/mol. The molecule has 0 atom stereocenters. The van der Waals surface area contributed by atoms with Gasteiger partial charge in [0.05, 0.1) is 18.1 Å². The van der Waals surface area contributed by atoms with Gasteiger partial charge in [0.1, 0.15) is 0 Å². The maximum Gasteiger partial charge on any atom is 0.261 e. The monoisotopic (exact) mass is 351 g/mol. The fraction of sp³-hybridized carbons (Fsp3) is 0.308. The SMILES string of the molecule is C=CCCOCCNC(=O)c1cc(Cl)cc(S(=O)(=O)Cl)c1. The summed E-state index contributed by atoms with van der Waals surface area (Å²) in [6.07, 6.45) is 2.47. The van der Waals surface area contributed by atoms with Crippen molar-refractivity contribution in [3.05, 3.63) is 41.4 Å². The topological polar surface area (TPSA) is 72.5 Å². The van der Waals surface area contributed by atoms with Crippen LogP contribution in [0.15, 0.2) is 35.7 Å². The molecule has 21 heavy (non-hydrogen) atoms. The molecule has 1 amide bonds. The van der Waals surface area contributed by atoms with Crippen molar-refractivity contribution in [3.8, 4) is 0 Å². The Morgan fingerprint density at radius 2 is 2.05 bits per heavy atom. The highest BCUT2D eigenvalue weighted by molar-refractivity contribution is 8.13. The van der Waals surface area contributed by atoms with Gasteiger partial charge in [-0.2, -0.15) is 0 Å². The van der Waals surface area contributed by atoms with Crippen LogP contribution in [0.2, 0.25) is 5.02 Å². The van der Waals surface area contributed by atoms with Crippen molar-refractivity contribution < 1.29 is 17.9 Å². The number of carbonyl (C=O) groups is 1.